The van der Waals surface area contributed by atoms with E-state index in [0.717, 1.165) is 16.8 Å². The van der Waals surface area contributed by atoms with Crippen molar-refractivity contribution < 1.29 is 9.21 Å². The van der Waals surface area contributed by atoms with Crippen molar-refractivity contribution >= 4 is 22.6 Å². The molecule has 0 radical (unpaired) electrons. The summed E-state index contributed by atoms with van der Waals surface area (Å²) in [5, 5.41) is 3.39. The van der Waals surface area contributed by atoms with Gasteiger partial charge in [0.1, 0.15) is 5.76 Å². The predicted molar refractivity (Wildman–Crippen MR) is 121 cm³/mol. The van der Waals surface area contributed by atoms with Crippen molar-refractivity contribution in [2.45, 2.75) is 26.7 Å². The molecule has 0 atom stereocenters. The Morgan fingerprint density at radius 3 is 2.33 bits per heavy atom. The van der Waals surface area contributed by atoms with Gasteiger partial charge >= 0.3 is 0 Å². The monoisotopic (exact) mass is 397 g/mol. The van der Waals surface area contributed by atoms with Crippen molar-refractivity contribution in [2.75, 3.05) is 5.32 Å². The molecular formula is C26H23NO3. The van der Waals surface area contributed by atoms with Crippen LogP contribution in [0.25, 0.3) is 22.3 Å². The Balaban J connectivity index is 1.85. The van der Waals surface area contributed by atoms with Gasteiger partial charge in [0.15, 0.2) is 11.0 Å². The number of rotatable bonds is 4. The number of para-hydroxylation sites is 2. The molecule has 0 unspecified atom stereocenters. The first-order valence-corrected chi connectivity index (χ1v) is 9.99. The molecule has 150 valence electrons. The Morgan fingerprint density at radius 1 is 0.900 bits per heavy atom. The smallest absolute Gasteiger partial charge is 0.259 e. The molecule has 0 saturated heterocycles. The fraction of sp³-hybridized carbons (Fsp3) is 0.154. The molecule has 4 heteroatoms. The highest BCUT2D eigenvalue weighted by Crippen LogP contribution is 2.29. The highest BCUT2D eigenvalue weighted by atomic mass is 16.3. The number of anilines is 1. The molecular weight excluding hydrogens is 374 g/mol. The van der Waals surface area contributed by atoms with E-state index >= 15 is 0 Å². The van der Waals surface area contributed by atoms with Gasteiger partial charge in [-0.2, -0.15) is 0 Å². The van der Waals surface area contributed by atoms with Gasteiger partial charge in [0, 0.05) is 16.8 Å². The fourth-order valence-corrected chi connectivity index (χ4v) is 3.66. The highest BCUT2D eigenvalue weighted by Gasteiger charge is 2.19. The zero-order chi connectivity index (χ0) is 21.3. The maximum atomic E-state index is 13.2. The van der Waals surface area contributed by atoms with Gasteiger partial charge in [0.05, 0.1) is 10.9 Å². The molecule has 4 rings (SSSR count). The summed E-state index contributed by atoms with van der Waals surface area (Å²) >= 11 is 0. The maximum absolute atomic E-state index is 13.2. The maximum Gasteiger partial charge on any atom is 0.259 e. The predicted octanol–water partition coefficient (Wildman–Crippen LogP) is 6.14. The minimum Gasteiger partial charge on any atom is -0.455 e. The number of hydrogen-bond donors (Lipinski definition) is 1. The van der Waals surface area contributed by atoms with Crippen LogP contribution < -0.4 is 10.7 Å². The van der Waals surface area contributed by atoms with Gasteiger partial charge in [-0.15, -0.1) is 0 Å². The van der Waals surface area contributed by atoms with E-state index in [1.807, 2.05) is 54.6 Å². The van der Waals surface area contributed by atoms with Gasteiger partial charge in [-0.3, -0.25) is 9.59 Å². The van der Waals surface area contributed by atoms with Crippen molar-refractivity contribution in [3.05, 3.63) is 99.7 Å². The van der Waals surface area contributed by atoms with E-state index in [-0.39, 0.29) is 17.3 Å². The molecule has 0 fully saturated rings. The highest BCUT2D eigenvalue weighted by molar-refractivity contribution is 6.11. The van der Waals surface area contributed by atoms with Crippen LogP contribution in [0.1, 0.15) is 41.3 Å². The van der Waals surface area contributed by atoms with Gasteiger partial charge in [-0.05, 0) is 36.6 Å². The Bertz CT molecular complexity index is 1290. The van der Waals surface area contributed by atoms with E-state index in [1.54, 1.807) is 25.1 Å². The Labute approximate surface area is 175 Å². The van der Waals surface area contributed by atoms with E-state index in [2.05, 4.69) is 19.2 Å². The van der Waals surface area contributed by atoms with E-state index in [1.165, 1.54) is 0 Å². The molecule has 0 aliphatic heterocycles. The first kappa shape index (κ1) is 19.6. The van der Waals surface area contributed by atoms with E-state index in [4.69, 9.17) is 4.42 Å². The standard InChI is InChI=1S/C26H23NO3/c1-16(2)19-12-7-8-15-22(19)27-26(29)21-14-9-13-20-23(28)17(3)24(30-25(20)21)18-10-5-4-6-11-18/h4-16H,1-3H3,(H,27,29). The summed E-state index contributed by atoms with van der Waals surface area (Å²) in [5.74, 6) is 0.440. The molecule has 1 heterocycles. The van der Waals surface area contributed by atoms with Crippen LogP contribution in [0, 0.1) is 6.92 Å². The number of benzene rings is 3. The minimum atomic E-state index is -0.306. The fourth-order valence-electron chi connectivity index (χ4n) is 3.66. The van der Waals surface area contributed by atoms with Crippen molar-refractivity contribution in [1.29, 1.82) is 0 Å². The summed E-state index contributed by atoms with van der Waals surface area (Å²) in [7, 11) is 0. The Morgan fingerprint density at radius 2 is 1.60 bits per heavy atom. The number of fused-ring (bicyclic) bond motifs is 1. The van der Waals surface area contributed by atoms with Crippen LogP contribution in [0.2, 0.25) is 0 Å². The summed E-state index contributed by atoms with van der Waals surface area (Å²) in [4.78, 5) is 26.2. The molecule has 4 nitrogen and oxygen atoms in total. The summed E-state index contributed by atoms with van der Waals surface area (Å²) in [6.45, 7) is 5.91. The molecule has 3 aromatic carbocycles. The molecule has 0 aliphatic carbocycles. The van der Waals surface area contributed by atoms with Crippen molar-refractivity contribution in [3.63, 3.8) is 0 Å². The van der Waals surface area contributed by atoms with E-state index in [0.29, 0.717) is 27.9 Å². The summed E-state index contributed by atoms with van der Waals surface area (Å²) in [5.41, 5.74) is 3.63. The van der Waals surface area contributed by atoms with Gasteiger partial charge in [-0.25, -0.2) is 0 Å². The van der Waals surface area contributed by atoms with Crippen molar-refractivity contribution in [2.24, 2.45) is 0 Å². The molecule has 1 amide bonds. The van der Waals surface area contributed by atoms with Crippen molar-refractivity contribution in [1.82, 2.24) is 0 Å². The summed E-state index contributed by atoms with van der Waals surface area (Å²) in [6, 6.07) is 22.3. The summed E-state index contributed by atoms with van der Waals surface area (Å²) in [6.07, 6.45) is 0. The van der Waals surface area contributed by atoms with Crippen LogP contribution in [0.3, 0.4) is 0 Å². The first-order chi connectivity index (χ1) is 14.5. The van der Waals surface area contributed by atoms with Gasteiger partial charge in [0.2, 0.25) is 0 Å². The van der Waals surface area contributed by atoms with Gasteiger partial charge in [-0.1, -0.05) is 68.4 Å². The van der Waals surface area contributed by atoms with Crippen LogP contribution in [0.5, 0.6) is 0 Å². The lowest BCUT2D eigenvalue weighted by Crippen LogP contribution is -2.16. The van der Waals surface area contributed by atoms with E-state index < -0.39 is 0 Å². The second kappa shape index (κ2) is 7.99. The Hall–Kier alpha value is -3.66. The largest absolute Gasteiger partial charge is 0.455 e. The minimum absolute atomic E-state index is 0.132. The van der Waals surface area contributed by atoms with E-state index in [9.17, 15) is 9.59 Å². The number of carbonyl (C=O) groups excluding carboxylic acids is 1. The van der Waals surface area contributed by atoms with Gasteiger partial charge < -0.3 is 9.73 Å². The average Bonchev–Trinajstić information content (AvgIpc) is 2.76. The number of nitrogens with one attached hydrogen (secondary N) is 1. The molecule has 0 saturated carbocycles. The number of carbonyl (C=O) groups is 1. The van der Waals surface area contributed by atoms with Gasteiger partial charge in [0.25, 0.3) is 5.91 Å². The topological polar surface area (TPSA) is 59.3 Å². The molecule has 4 aromatic rings. The summed E-state index contributed by atoms with van der Waals surface area (Å²) < 4.78 is 6.17. The van der Waals surface area contributed by atoms with Crippen molar-refractivity contribution in [3.8, 4) is 11.3 Å². The molecule has 0 spiro atoms. The average molecular weight is 397 g/mol. The van der Waals surface area contributed by atoms with Crippen LogP contribution in [-0.4, -0.2) is 5.91 Å². The lowest BCUT2D eigenvalue weighted by molar-refractivity contribution is 0.102. The SMILES string of the molecule is Cc1c(-c2ccccc2)oc2c(C(=O)Nc3ccccc3C(C)C)cccc2c1=O. The number of amides is 1. The first-order valence-electron chi connectivity index (χ1n) is 9.99. The lowest BCUT2D eigenvalue weighted by atomic mass is 10.0. The lowest BCUT2D eigenvalue weighted by Gasteiger charge is -2.14. The molecule has 0 aliphatic rings. The molecule has 1 N–H and O–H groups in total. The normalized spacial score (nSPS) is 11.1. The molecule has 1 aromatic heterocycles. The third kappa shape index (κ3) is 3.52. The third-order valence-corrected chi connectivity index (χ3v) is 5.26. The van der Waals surface area contributed by atoms with Crippen LogP contribution >= 0.6 is 0 Å². The van der Waals surface area contributed by atoms with Crippen LogP contribution in [0.15, 0.2) is 82.0 Å². The van der Waals surface area contributed by atoms with Crippen LogP contribution in [-0.2, 0) is 0 Å². The zero-order valence-corrected chi connectivity index (χ0v) is 17.2. The zero-order valence-electron chi connectivity index (χ0n) is 17.2. The molecule has 0 bridgehead atoms. The second-order valence-electron chi connectivity index (χ2n) is 7.63. The Kier molecular flexibility index (Phi) is 5.23. The third-order valence-electron chi connectivity index (χ3n) is 5.26. The number of hydrogen-bond acceptors (Lipinski definition) is 3. The van der Waals surface area contributed by atoms with Crippen LogP contribution in [0.4, 0.5) is 5.69 Å². The quantitative estimate of drug-likeness (QED) is 0.450. The second-order valence-corrected chi connectivity index (χ2v) is 7.63. The molecule has 30 heavy (non-hydrogen) atoms.